The highest BCUT2D eigenvalue weighted by molar-refractivity contribution is 7.86. The molecule has 290 valence electrons. The molecule has 56 heavy (non-hydrogen) atoms. The zero-order chi connectivity index (χ0) is 41.1. The summed E-state index contributed by atoms with van der Waals surface area (Å²) in [5.74, 6) is -2.43. The molecule has 0 radical (unpaired) electrons. The third-order valence-electron chi connectivity index (χ3n) is 8.28. The van der Waals surface area contributed by atoms with E-state index in [9.17, 15) is 62.5 Å². The van der Waals surface area contributed by atoms with Crippen molar-refractivity contribution in [1.29, 1.82) is 0 Å². The van der Waals surface area contributed by atoms with Crippen LogP contribution in [0.1, 0.15) is 11.1 Å². The average molecular weight is 821 g/mol. The van der Waals surface area contributed by atoms with Crippen molar-refractivity contribution >= 4 is 75.9 Å². The molecule has 0 amide bonds. The highest BCUT2D eigenvalue weighted by Crippen LogP contribution is 2.49. The van der Waals surface area contributed by atoms with Gasteiger partial charge in [-0.1, -0.05) is 60.7 Å². The molecule has 6 aromatic carbocycles. The van der Waals surface area contributed by atoms with E-state index >= 15 is 0 Å². The van der Waals surface area contributed by atoms with Crippen LogP contribution in [-0.2, 0) is 32.6 Å². The van der Waals surface area contributed by atoms with Gasteiger partial charge in [0, 0.05) is 21.5 Å². The van der Waals surface area contributed by atoms with Crippen LogP contribution in [0.5, 0.6) is 11.5 Å². The number of azo groups is 2. The minimum absolute atomic E-state index is 0.0536. The summed E-state index contributed by atoms with van der Waals surface area (Å²) in [6.07, 6.45) is -10.4. The van der Waals surface area contributed by atoms with E-state index in [-0.39, 0.29) is 21.5 Å². The maximum absolute atomic E-state index is 14.3. The van der Waals surface area contributed by atoms with E-state index in [1.54, 1.807) is 0 Å². The predicted molar refractivity (Wildman–Crippen MR) is 190 cm³/mol. The summed E-state index contributed by atoms with van der Waals surface area (Å²) in [5.41, 5.74) is 3.88. The highest BCUT2D eigenvalue weighted by atomic mass is 32.2. The number of anilines is 2. The minimum Gasteiger partial charge on any atom is -0.504 e. The fraction of sp³-hybridized carbons (Fsp3) is 0.0588. The van der Waals surface area contributed by atoms with Crippen molar-refractivity contribution in [2.45, 2.75) is 22.1 Å². The summed E-state index contributed by atoms with van der Waals surface area (Å²) in [4.78, 5) is -2.07. The lowest BCUT2D eigenvalue weighted by molar-refractivity contribution is -0.138. The van der Waals surface area contributed by atoms with Crippen molar-refractivity contribution in [1.82, 2.24) is 0 Å². The third-order valence-corrected chi connectivity index (χ3v) is 10.1. The number of hydrogen-bond donors (Lipinski definition) is 6. The maximum atomic E-state index is 14.3. The normalized spacial score (nSPS) is 13.1. The molecule has 0 aliphatic heterocycles. The number of aromatic hydroxyl groups is 2. The largest absolute Gasteiger partial charge is 0.504 e. The molecule has 0 saturated carbocycles. The Balaban J connectivity index is 1.44. The number of rotatable bonds is 7. The summed E-state index contributed by atoms with van der Waals surface area (Å²) >= 11 is 0. The lowest BCUT2D eigenvalue weighted by Crippen LogP contribution is -2.07. The van der Waals surface area contributed by atoms with Crippen LogP contribution < -0.4 is 11.5 Å². The number of fused-ring (bicyclic) bond motifs is 2. The van der Waals surface area contributed by atoms with Crippen LogP contribution in [-0.4, -0.2) is 36.2 Å². The average Bonchev–Trinajstić information content (AvgIpc) is 3.09. The number of halogens is 6. The maximum Gasteiger partial charge on any atom is 0.418 e. The van der Waals surface area contributed by atoms with Gasteiger partial charge >= 0.3 is 12.4 Å². The number of phenolic OH excluding ortho intramolecular Hbond substituents is 2. The zero-order valence-corrected chi connectivity index (χ0v) is 29.2. The van der Waals surface area contributed by atoms with E-state index in [0.29, 0.717) is 12.1 Å². The SMILES string of the molecule is Nc1c(N=Nc2ccc(-c3ccc(N=Nc4c(O)c(S(=O)(=O)O)c5ccccc5c4N)c(C(F)(F)F)c3)cc2C(F)(F)F)c(O)c(S(=O)(=O)O)c2ccccc12. The third kappa shape index (κ3) is 7.24. The molecule has 0 spiro atoms. The fourth-order valence-electron chi connectivity index (χ4n) is 5.80. The predicted octanol–water partition coefficient (Wildman–Crippen LogP) is 9.60. The molecule has 0 fully saturated rings. The van der Waals surface area contributed by atoms with Crippen molar-refractivity contribution in [3.05, 3.63) is 96.1 Å². The first kappa shape index (κ1) is 39.3. The first-order valence-electron chi connectivity index (χ1n) is 15.3. The smallest absolute Gasteiger partial charge is 0.418 e. The Morgan fingerprint density at radius 3 is 1.12 bits per heavy atom. The van der Waals surface area contributed by atoms with Crippen LogP contribution in [0.25, 0.3) is 32.7 Å². The minimum atomic E-state index is -5.20. The molecule has 0 aliphatic carbocycles. The number of hydrogen-bond acceptors (Lipinski definition) is 12. The van der Waals surface area contributed by atoms with Crippen molar-refractivity contribution in [2.75, 3.05) is 11.5 Å². The van der Waals surface area contributed by atoms with Gasteiger partial charge in [0.2, 0.25) is 0 Å². The van der Waals surface area contributed by atoms with Gasteiger partial charge < -0.3 is 21.7 Å². The Hall–Kier alpha value is -6.36. The second kappa shape index (κ2) is 13.7. The molecule has 6 aromatic rings. The highest BCUT2D eigenvalue weighted by Gasteiger charge is 2.37. The molecular weight excluding hydrogens is 799 g/mol. The molecule has 0 heterocycles. The van der Waals surface area contributed by atoms with Gasteiger partial charge in [0.1, 0.15) is 9.79 Å². The first-order chi connectivity index (χ1) is 26.0. The van der Waals surface area contributed by atoms with Gasteiger partial charge in [-0.05, 0) is 35.4 Å². The number of nitrogens with two attached hydrogens (primary N) is 2. The van der Waals surface area contributed by atoms with Gasteiger partial charge in [-0.25, -0.2) is 0 Å². The summed E-state index contributed by atoms with van der Waals surface area (Å²) in [5, 5.41) is 34.9. The first-order valence-corrected chi connectivity index (χ1v) is 18.2. The standard InChI is InChI=1S/C34H22F6N6O8S2/c35-33(36,37)21-13-15(9-11-23(21)43-45-27-25(41)17-5-1-3-7-19(17)31(29(27)47)55(49,50)51)16-10-12-24(22(14-16)34(38,39)40)44-46-28-26(42)18-6-2-4-8-20(18)32(30(28)48)56(52,53)54/h1-14,47-48H,41-42H2,(H,49,50,51)(H,52,53,54). The summed E-state index contributed by atoms with van der Waals surface area (Å²) < 4.78 is 154. The van der Waals surface area contributed by atoms with Crippen LogP contribution in [0.15, 0.2) is 115 Å². The molecule has 0 saturated heterocycles. The second-order valence-corrected chi connectivity index (χ2v) is 14.5. The van der Waals surface area contributed by atoms with Crippen molar-refractivity contribution in [3.63, 3.8) is 0 Å². The number of nitrogen functional groups attached to an aromatic ring is 2. The number of nitrogens with zero attached hydrogens (tertiary/aromatic N) is 4. The van der Waals surface area contributed by atoms with E-state index in [0.717, 1.165) is 24.3 Å². The molecule has 8 N–H and O–H groups in total. The van der Waals surface area contributed by atoms with E-state index in [4.69, 9.17) is 11.5 Å². The van der Waals surface area contributed by atoms with Crippen LogP contribution in [0.4, 0.5) is 60.5 Å². The van der Waals surface area contributed by atoms with Gasteiger partial charge in [-0.15, -0.1) is 20.5 Å². The molecular formula is C34H22F6N6O8S2. The topological polar surface area (TPSA) is 251 Å². The van der Waals surface area contributed by atoms with Gasteiger partial charge in [0.15, 0.2) is 22.9 Å². The zero-order valence-electron chi connectivity index (χ0n) is 27.5. The Morgan fingerprint density at radius 2 is 0.821 bits per heavy atom. The molecule has 0 atom stereocenters. The monoisotopic (exact) mass is 820 g/mol. The van der Waals surface area contributed by atoms with E-state index in [2.05, 4.69) is 20.5 Å². The Kier molecular flexibility index (Phi) is 9.65. The van der Waals surface area contributed by atoms with Crippen LogP contribution in [0.3, 0.4) is 0 Å². The fourth-order valence-corrected chi connectivity index (χ4v) is 7.40. The van der Waals surface area contributed by atoms with E-state index in [1.165, 1.54) is 48.5 Å². The molecule has 0 bridgehead atoms. The van der Waals surface area contributed by atoms with Gasteiger partial charge in [-0.2, -0.15) is 43.2 Å². The molecule has 0 unspecified atom stereocenters. The van der Waals surface area contributed by atoms with Crippen molar-refractivity contribution in [3.8, 4) is 22.6 Å². The molecule has 22 heteroatoms. The second-order valence-electron chi connectivity index (χ2n) is 11.8. The van der Waals surface area contributed by atoms with Crippen LogP contribution >= 0.6 is 0 Å². The van der Waals surface area contributed by atoms with Crippen molar-refractivity contribution in [2.24, 2.45) is 20.5 Å². The molecule has 14 nitrogen and oxygen atoms in total. The van der Waals surface area contributed by atoms with Gasteiger partial charge in [-0.3, -0.25) is 9.11 Å². The molecule has 6 rings (SSSR count). The van der Waals surface area contributed by atoms with Crippen LogP contribution in [0, 0.1) is 0 Å². The van der Waals surface area contributed by atoms with E-state index < -0.39 is 110 Å². The Labute approximate surface area is 310 Å². The van der Waals surface area contributed by atoms with E-state index in [1.807, 2.05) is 0 Å². The quantitative estimate of drug-likeness (QED) is 0.0385. The summed E-state index contributed by atoms with van der Waals surface area (Å²) in [6.45, 7) is 0. The lowest BCUT2D eigenvalue weighted by atomic mass is 9.99. The lowest BCUT2D eigenvalue weighted by Gasteiger charge is -2.15. The van der Waals surface area contributed by atoms with Gasteiger partial charge in [0.25, 0.3) is 20.2 Å². The Morgan fingerprint density at radius 1 is 0.500 bits per heavy atom. The summed E-state index contributed by atoms with van der Waals surface area (Å²) in [6, 6.07) is 14.8. The van der Waals surface area contributed by atoms with Crippen LogP contribution in [0.2, 0.25) is 0 Å². The number of alkyl halides is 6. The molecule has 0 aromatic heterocycles. The summed E-state index contributed by atoms with van der Waals surface area (Å²) in [7, 11) is -10.3. The molecule has 0 aliphatic rings. The number of benzene rings is 6. The van der Waals surface area contributed by atoms with Crippen molar-refractivity contribution < 1.29 is 62.5 Å². The Bertz CT molecular complexity index is 2710. The van der Waals surface area contributed by atoms with Gasteiger partial charge in [0.05, 0.1) is 33.9 Å². The number of phenols is 2.